The number of anilines is 6. The van der Waals surface area contributed by atoms with Gasteiger partial charge in [-0.1, -0.05) is 146 Å². The largest absolute Gasteiger partial charge is 0.458 e. The zero-order valence-corrected chi connectivity index (χ0v) is 34.3. The fraction of sp³-hybridized carbons (Fsp3) is 0. The smallest absolute Gasteiger partial charge is 0.256 e. The molecule has 1 aromatic heterocycles. The Morgan fingerprint density at radius 1 is 0.397 bits per heavy atom. The lowest BCUT2D eigenvalue weighted by Gasteiger charge is -2.39. The SMILES string of the molecule is c1ccc(-c2ccc(N(c3ccccc3)c3cc4c(c5ccccc35)c3cc5c(cc3n4-c3ccccc3)B3c4ccccc4N(c4ccccc4)c4cccc(c43)O5)cc2)cc1. The molecule has 0 unspecified atom stereocenters. The van der Waals surface area contributed by atoms with Crippen LogP contribution in [0.4, 0.5) is 34.1 Å². The standard InChI is InChI=1S/C58H38BN3O/c1-5-18-39(19-6-1)40-32-34-44(35-33-40)60(41-20-7-2-8-21-41)53-38-54-57(46-27-14-13-26-45(46)53)47-36-56-49(37-52(47)62(54)43-24-11-4-12-25-43)59-48-28-15-16-29-50(48)61(42-22-9-3-10-23-42)51-30-17-31-55(63-56)58(51)59/h1-38H. The van der Waals surface area contributed by atoms with Gasteiger partial charge < -0.3 is 19.1 Å². The highest BCUT2D eigenvalue weighted by Crippen LogP contribution is 2.47. The maximum absolute atomic E-state index is 7.08. The number of nitrogens with zero attached hydrogens (tertiary/aromatic N) is 3. The van der Waals surface area contributed by atoms with Gasteiger partial charge in [0.05, 0.1) is 16.7 Å². The van der Waals surface area contributed by atoms with Crippen LogP contribution in [-0.4, -0.2) is 11.3 Å². The van der Waals surface area contributed by atoms with Crippen LogP contribution in [0.15, 0.2) is 231 Å². The van der Waals surface area contributed by atoms with E-state index in [1.807, 2.05) is 0 Å². The molecule has 0 radical (unpaired) electrons. The van der Waals surface area contributed by atoms with Gasteiger partial charge in [0.2, 0.25) is 0 Å². The molecule has 5 heteroatoms. The molecular formula is C58H38BN3O. The Balaban J connectivity index is 1.08. The van der Waals surface area contributed by atoms with Crippen LogP contribution >= 0.6 is 0 Å². The molecule has 3 heterocycles. The third kappa shape index (κ3) is 5.50. The van der Waals surface area contributed by atoms with Crippen molar-refractivity contribution in [1.82, 2.24) is 4.57 Å². The van der Waals surface area contributed by atoms with E-state index in [4.69, 9.17) is 4.74 Å². The summed E-state index contributed by atoms with van der Waals surface area (Å²) in [5, 5.41) is 4.71. The monoisotopic (exact) mass is 803 g/mol. The van der Waals surface area contributed by atoms with E-state index in [1.54, 1.807) is 0 Å². The first-order chi connectivity index (χ1) is 31.3. The molecule has 63 heavy (non-hydrogen) atoms. The molecule has 2 aliphatic heterocycles. The Kier molecular flexibility index (Phi) is 7.97. The normalized spacial score (nSPS) is 12.5. The molecule has 0 bridgehead atoms. The lowest BCUT2D eigenvalue weighted by Crippen LogP contribution is -2.59. The Bertz CT molecular complexity index is 3540. The summed E-state index contributed by atoms with van der Waals surface area (Å²) >= 11 is 0. The van der Waals surface area contributed by atoms with Crippen LogP contribution in [0.25, 0.3) is 49.4 Å². The first kappa shape index (κ1) is 35.5. The van der Waals surface area contributed by atoms with Crippen molar-refractivity contribution >= 4 is 89.8 Å². The molecule has 0 fully saturated rings. The van der Waals surface area contributed by atoms with Crippen molar-refractivity contribution in [3.05, 3.63) is 231 Å². The molecule has 0 aliphatic carbocycles. The van der Waals surface area contributed by atoms with Crippen molar-refractivity contribution in [2.75, 3.05) is 9.80 Å². The number of hydrogen-bond acceptors (Lipinski definition) is 3. The summed E-state index contributed by atoms with van der Waals surface area (Å²) in [6.45, 7) is -0.0255. The number of para-hydroxylation sites is 4. The van der Waals surface area contributed by atoms with Gasteiger partial charge >= 0.3 is 0 Å². The van der Waals surface area contributed by atoms with E-state index in [-0.39, 0.29) is 6.71 Å². The van der Waals surface area contributed by atoms with Gasteiger partial charge in [-0.15, -0.1) is 0 Å². The van der Waals surface area contributed by atoms with Crippen molar-refractivity contribution in [3.8, 4) is 28.3 Å². The molecule has 4 nitrogen and oxygen atoms in total. The molecule has 13 rings (SSSR count). The van der Waals surface area contributed by atoms with Crippen LogP contribution in [0.3, 0.4) is 0 Å². The summed E-state index contributed by atoms with van der Waals surface area (Å²) in [5.41, 5.74) is 16.1. The van der Waals surface area contributed by atoms with Crippen molar-refractivity contribution < 1.29 is 4.74 Å². The first-order valence-corrected chi connectivity index (χ1v) is 21.6. The Morgan fingerprint density at radius 2 is 1.00 bits per heavy atom. The van der Waals surface area contributed by atoms with Crippen LogP contribution < -0.4 is 30.9 Å². The summed E-state index contributed by atoms with van der Waals surface area (Å²) in [6, 6.07) is 83.2. The third-order valence-electron chi connectivity index (χ3n) is 13.0. The quantitative estimate of drug-likeness (QED) is 0.156. The summed E-state index contributed by atoms with van der Waals surface area (Å²) in [6.07, 6.45) is 0. The third-order valence-corrected chi connectivity index (χ3v) is 13.0. The number of ether oxygens (including phenoxy) is 1. The molecule has 0 saturated carbocycles. The van der Waals surface area contributed by atoms with E-state index in [0.29, 0.717) is 0 Å². The summed E-state index contributed by atoms with van der Waals surface area (Å²) in [7, 11) is 0. The molecule has 0 atom stereocenters. The Labute approximate surface area is 366 Å². The fourth-order valence-electron chi connectivity index (χ4n) is 10.3. The van der Waals surface area contributed by atoms with E-state index in [2.05, 4.69) is 245 Å². The zero-order valence-electron chi connectivity index (χ0n) is 34.3. The van der Waals surface area contributed by atoms with E-state index in [1.165, 1.54) is 43.9 Å². The van der Waals surface area contributed by atoms with E-state index < -0.39 is 0 Å². The topological polar surface area (TPSA) is 20.6 Å². The van der Waals surface area contributed by atoms with Gasteiger partial charge in [-0.3, -0.25) is 0 Å². The molecule has 294 valence electrons. The molecule has 11 aromatic rings. The molecule has 0 N–H and O–H groups in total. The zero-order chi connectivity index (χ0) is 41.4. The maximum atomic E-state index is 7.08. The second-order valence-electron chi connectivity index (χ2n) is 16.5. The highest BCUT2D eigenvalue weighted by molar-refractivity contribution is 6.99. The number of fused-ring (bicyclic) bond motifs is 9. The van der Waals surface area contributed by atoms with Crippen molar-refractivity contribution in [2.45, 2.75) is 0 Å². The minimum Gasteiger partial charge on any atom is -0.458 e. The Morgan fingerprint density at radius 3 is 1.76 bits per heavy atom. The van der Waals surface area contributed by atoms with Crippen molar-refractivity contribution in [2.24, 2.45) is 0 Å². The number of rotatable bonds is 6. The molecule has 2 aliphatic rings. The summed E-state index contributed by atoms with van der Waals surface area (Å²) in [5.74, 6) is 1.79. The minimum absolute atomic E-state index is 0.0255. The van der Waals surface area contributed by atoms with Crippen molar-refractivity contribution in [1.29, 1.82) is 0 Å². The first-order valence-electron chi connectivity index (χ1n) is 21.6. The lowest BCUT2D eigenvalue weighted by atomic mass is 9.34. The van der Waals surface area contributed by atoms with E-state index in [9.17, 15) is 0 Å². The predicted octanol–water partition coefficient (Wildman–Crippen LogP) is 13.5. The summed E-state index contributed by atoms with van der Waals surface area (Å²) < 4.78 is 9.55. The van der Waals surface area contributed by atoms with E-state index in [0.717, 1.165) is 67.5 Å². The average Bonchev–Trinajstić information content (AvgIpc) is 3.67. The van der Waals surface area contributed by atoms with Crippen molar-refractivity contribution in [3.63, 3.8) is 0 Å². The minimum atomic E-state index is -0.0255. The highest BCUT2D eigenvalue weighted by Gasteiger charge is 2.42. The molecule has 0 spiro atoms. The second-order valence-corrected chi connectivity index (χ2v) is 16.5. The number of hydrogen-bond donors (Lipinski definition) is 0. The van der Waals surface area contributed by atoms with Gasteiger partial charge in [-0.2, -0.15) is 0 Å². The average molecular weight is 804 g/mol. The van der Waals surface area contributed by atoms with E-state index >= 15 is 0 Å². The Hall–Kier alpha value is -8.28. The van der Waals surface area contributed by atoms with Crippen LogP contribution in [0, 0.1) is 0 Å². The number of benzene rings is 10. The van der Waals surface area contributed by atoms with Gasteiger partial charge in [-0.25, -0.2) is 0 Å². The fourth-order valence-corrected chi connectivity index (χ4v) is 10.3. The summed E-state index contributed by atoms with van der Waals surface area (Å²) in [4.78, 5) is 4.80. The molecule has 0 saturated heterocycles. The van der Waals surface area contributed by atoms with Gasteiger partial charge in [0.1, 0.15) is 11.5 Å². The maximum Gasteiger partial charge on any atom is 0.256 e. The van der Waals surface area contributed by atoms with Gasteiger partial charge in [0, 0.05) is 50.3 Å². The number of aromatic nitrogens is 1. The predicted molar refractivity (Wildman–Crippen MR) is 264 cm³/mol. The van der Waals surface area contributed by atoms with Gasteiger partial charge in [-0.05, 0) is 118 Å². The second kappa shape index (κ2) is 14.2. The van der Waals surface area contributed by atoms with Gasteiger partial charge in [0.15, 0.2) is 0 Å². The molecule has 0 amide bonds. The molecule has 10 aromatic carbocycles. The molecular weight excluding hydrogens is 765 g/mol. The van der Waals surface area contributed by atoms with Crippen LogP contribution in [0.1, 0.15) is 0 Å². The highest BCUT2D eigenvalue weighted by atomic mass is 16.5. The van der Waals surface area contributed by atoms with Crippen LogP contribution in [-0.2, 0) is 0 Å². The lowest BCUT2D eigenvalue weighted by molar-refractivity contribution is 0.488. The van der Waals surface area contributed by atoms with Crippen LogP contribution in [0.2, 0.25) is 0 Å². The van der Waals surface area contributed by atoms with Gasteiger partial charge in [0.25, 0.3) is 6.71 Å². The van der Waals surface area contributed by atoms with Crippen LogP contribution in [0.5, 0.6) is 11.5 Å².